The van der Waals surface area contributed by atoms with Gasteiger partial charge in [0.25, 0.3) is 5.56 Å². The molecule has 24 heavy (non-hydrogen) atoms. The Hall–Kier alpha value is -2.66. The highest BCUT2D eigenvalue weighted by Crippen LogP contribution is 2.22. The van der Waals surface area contributed by atoms with Crippen molar-refractivity contribution in [2.75, 3.05) is 0 Å². The van der Waals surface area contributed by atoms with Crippen LogP contribution >= 0.6 is 11.6 Å². The molecule has 6 heteroatoms. The zero-order valence-electron chi connectivity index (χ0n) is 13.2. The van der Waals surface area contributed by atoms with E-state index in [9.17, 15) is 9.59 Å². The van der Waals surface area contributed by atoms with Crippen molar-refractivity contribution in [2.24, 2.45) is 7.05 Å². The molecule has 1 aromatic heterocycles. The van der Waals surface area contributed by atoms with Crippen molar-refractivity contribution in [1.82, 2.24) is 9.78 Å². The molecule has 1 heterocycles. The average Bonchev–Trinajstić information content (AvgIpc) is 2.58. The predicted molar refractivity (Wildman–Crippen MR) is 92.3 cm³/mol. The minimum atomic E-state index is -0.579. The van der Waals surface area contributed by atoms with E-state index in [2.05, 4.69) is 5.10 Å². The molecule has 0 fully saturated rings. The summed E-state index contributed by atoms with van der Waals surface area (Å²) < 4.78 is 6.65. The van der Waals surface area contributed by atoms with Crippen LogP contribution in [0, 0.1) is 0 Å². The van der Waals surface area contributed by atoms with E-state index in [-0.39, 0.29) is 11.3 Å². The predicted octanol–water partition coefficient (Wildman–Crippen LogP) is 3.50. The number of hydrogen-bond acceptors (Lipinski definition) is 4. The van der Waals surface area contributed by atoms with Crippen molar-refractivity contribution >= 4 is 28.3 Å². The van der Waals surface area contributed by atoms with E-state index < -0.39 is 12.1 Å². The molecule has 2 aromatic carbocycles. The first kappa shape index (κ1) is 16.2. The summed E-state index contributed by atoms with van der Waals surface area (Å²) in [4.78, 5) is 24.7. The summed E-state index contributed by atoms with van der Waals surface area (Å²) in [5.41, 5.74) is 0.684. The topological polar surface area (TPSA) is 61.2 Å². The molecule has 122 valence electrons. The summed E-state index contributed by atoms with van der Waals surface area (Å²) in [6, 6.07) is 13.9. The van der Waals surface area contributed by atoms with Crippen molar-refractivity contribution < 1.29 is 9.53 Å². The minimum Gasteiger partial charge on any atom is -0.453 e. The number of nitrogens with zero attached hydrogens (tertiary/aromatic N) is 2. The maximum Gasteiger partial charge on any atom is 0.360 e. The molecule has 3 aromatic rings. The Kier molecular flexibility index (Phi) is 4.36. The fraction of sp³-hybridized carbons (Fsp3) is 0.167. The monoisotopic (exact) mass is 342 g/mol. The third-order valence-corrected chi connectivity index (χ3v) is 4.03. The number of rotatable bonds is 3. The summed E-state index contributed by atoms with van der Waals surface area (Å²) in [7, 11) is 1.51. The maximum absolute atomic E-state index is 12.5. The van der Waals surface area contributed by atoms with Crippen LogP contribution in [0.1, 0.15) is 29.1 Å². The van der Waals surface area contributed by atoms with E-state index in [1.807, 2.05) is 0 Å². The van der Waals surface area contributed by atoms with Gasteiger partial charge in [-0.2, -0.15) is 5.10 Å². The second kappa shape index (κ2) is 6.45. The molecule has 0 radical (unpaired) electrons. The van der Waals surface area contributed by atoms with Gasteiger partial charge in [0, 0.05) is 17.5 Å². The van der Waals surface area contributed by atoms with Gasteiger partial charge in [0.2, 0.25) is 0 Å². The van der Waals surface area contributed by atoms with Gasteiger partial charge in [-0.1, -0.05) is 41.9 Å². The van der Waals surface area contributed by atoms with Gasteiger partial charge in [-0.15, -0.1) is 0 Å². The van der Waals surface area contributed by atoms with Crippen molar-refractivity contribution in [1.29, 1.82) is 0 Å². The fourth-order valence-electron chi connectivity index (χ4n) is 2.47. The number of esters is 1. The number of ether oxygens (including phenoxy) is 1. The van der Waals surface area contributed by atoms with Crippen LogP contribution in [0.5, 0.6) is 0 Å². The molecule has 0 spiro atoms. The van der Waals surface area contributed by atoms with Crippen LogP contribution in [0.25, 0.3) is 10.8 Å². The first-order valence-corrected chi connectivity index (χ1v) is 7.77. The van der Waals surface area contributed by atoms with Crippen LogP contribution in [0.4, 0.5) is 0 Å². The molecule has 5 nitrogen and oxygen atoms in total. The van der Waals surface area contributed by atoms with E-state index in [0.29, 0.717) is 15.8 Å². The third kappa shape index (κ3) is 3.03. The van der Waals surface area contributed by atoms with Crippen LogP contribution in [0.2, 0.25) is 5.02 Å². The van der Waals surface area contributed by atoms with E-state index >= 15 is 0 Å². The Morgan fingerprint density at radius 2 is 1.75 bits per heavy atom. The van der Waals surface area contributed by atoms with Crippen LogP contribution in [-0.4, -0.2) is 15.7 Å². The van der Waals surface area contributed by atoms with Crippen LogP contribution < -0.4 is 5.56 Å². The molecule has 0 unspecified atom stereocenters. The first-order valence-electron chi connectivity index (χ1n) is 7.40. The summed E-state index contributed by atoms with van der Waals surface area (Å²) in [6.45, 7) is 1.77. The minimum absolute atomic E-state index is 0.119. The highest BCUT2D eigenvalue weighted by molar-refractivity contribution is 6.30. The SMILES string of the molecule is C[C@@H](OC(=O)c1nn(C)c(=O)c2ccccc12)c1ccc(Cl)cc1. The molecular weight excluding hydrogens is 328 g/mol. The van der Waals surface area contributed by atoms with Crippen molar-refractivity contribution in [3.05, 3.63) is 75.2 Å². The molecule has 0 aliphatic rings. The van der Waals surface area contributed by atoms with Gasteiger partial charge in [-0.25, -0.2) is 9.48 Å². The second-order valence-electron chi connectivity index (χ2n) is 5.42. The normalized spacial score (nSPS) is 12.1. The average molecular weight is 343 g/mol. The maximum atomic E-state index is 12.5. The number of aromatic nitrogens is 2. The number of aryl methyl sites for hydroxylation is 1. The first-order chi connectivity index (χ1) is 11.5. The van der Waals surface area contributed by atoms with Gasteiger partial charge in [0.1, 0.15) is 6.10 Å². The molecule has 0 saturated heterocycles. The van der Waals surface area contributed by atoms with E-state index in [1.54, 1.807) is 55.5 Å². The van der Waals surface area contributed by atoms with Gasteiger partial charge in [-0.05, 0) is 30.7 Å². The Morgan fingerprint density at radius 1 is 1.12 bits per heavy atom. The second-order valence-corrected chi connectivity index (χ2v) is 5.86. The lowest BCUT2D eigenvalue weighted by atomic mass is 10.1. The van der Waals surface area contributed by atoms with Crippen LogP contribution in [0.15, 0.2) is 53.3 Å². The van der Waals surface area contributed by atoms with Gasteiger partial charge in [-0.3, -0.25) is 4.79 Å². The highest BCUT2D eigenvalue weighted by atomic mass is 35.5. The Labute approximate surface area is 143 Å². The van der Waals surface area contributed by atoms with Gasteiger partial charge >= 0.3 is 5.97 Å². The number of halogens is 1. The number of carbonyl (C=O) groups is 1. The van der Waals surface area contributed by atoms with Gasteiger partial charge in [0.05, 0.1) is 5.39 Å². The summed E-state index contributed by atoms with van der Waals surface area (Å²) >= 11 is 5.87. The number of carbonyl (C=O) groups excluding carboxylic acids is 1. The fourth-order valence-corrected chi connectivity index (χ4v) is 2.59. The third-order valence-electron chi connectivity index (χ3n) is 3.77. The molecule has 0 amide bonds. The molecular formula is C18H15ClN2O3. The van der Waals surface area contributed by atoms with Crippen molar-refractivity contribution in [3.63, 3.8) is 0 Å². The van der Waals surface area contributed by atoms with E-state index in [1.165, 1.54) is 7.05 Å². The number of hydrogen-bond donors (Lipinski definition) is 0. The number of benzene rings is 2. The highest BCUT2D eigenvalue weighted by Gasteiger charge is 2.19. The van der Waals surface area contributed by atoms with Gasteiger partial charge in [0.15, 0.2) is 5.69 Å². The Balaban J connectivity index is 1.96. The molecule has 0 bridgehead atoms. The number of fused-ring (bicyclic) bond motifs is 1. The smallest absolute Gasteiger partial charge is 0.360 e. The van der Waals surface area contributed by atoms with Crippen molar-refractivity contribution in [2.45, 2.75) is 13.0 Å². The van der Waals surface area contributed by atoms with Crippen molar-refractivity contribution in [3.8, 4) is 0 Å². The van der Waals surface area contributed by atoms with Crippen LogP contribution in [-0.2, 0) is 11.8 Å². The van der Waals surface area contributed by atoms with Crippen LogP contribution in [0.3, 0.4) is 0 Å². The largest absolute Gasteiger partial charge is 0.453 e. The standard InChI is InChI=1S/C18H15ClN2O3/c1-11(12-7-9-13(19)10-8-12)24-18(23)16-14-5-3-4-6-15(14)17(22)21(2)20-16/h3-11H,1-2H3/t11-/m1/s1. The summed E-state index contributed by atoms with van der Waals surface area (Å²) in [6.07, 6.45) is -0.465. The molecule has 1 atom stereocenters. The molecule has 0 aliphatic carbocycles. The lowest BCUT2D eigenvalue weighted by molar-refractivity contribution is 0.0331. The van der Waals surface area contributed by atoms with E-state index in [0.717, 1.165) is 10.2 Å². The zero-order chi connectivity index (χ0) is 17.3. The molecule has 0 N–H and O–H groups in total. The molecule has 0 aliphatic heterocycles. The zero-order valence-corrected chi connectivity index (χ0v) is 13.9. The summed E-state index contributed by atoms with van der Waals surface area (Å²) in [5.74, 6) is -0.579. The molecule has 3 rings (SSSR count). The lowest BCUT2D eigenvalue weighted by Gasteiger charge is -2.14. The summed E-state index contributed by atoms with van der Waals surface area (Å²) in [5, 5.41) is 5.60. The molecule has 0 saturated carbocycles. The Bertz CT molecular complexity index is 964. The van der Waals surface area contributed by atoms with E-state index in [4.69, 9.17) is 16.3 Å². The van der Waals surface area contributed by atoms with Gasteiger partial charge < -0.3 is 4.74 Å². The lowest BCUT2D eigenvalue weighted by Crippen LogP contribution is -2.24. The quantitative estimate of drug-likeness (QED) is 0.683. The Morgan fingerprint density at radius 3 is 2.42 bits per heavy atom.